The summed E-state index contributed by atoms with van der Waals surface area (Å²) < 4.78 is 0. The Balaban J connectivity index is 2.09. The van der Waals surface area contributed by atoms with E-state index in [1.54, 1.807) is 6.07 Å². The van der Waals surface area contributed by atoms with Crippen molar-refractivity contribution in [1.29, 1.82) is 0 Å². The number of benzene rings is 1. The number of anilines is 1. The van der Waals surface area contributed by atoms with Crippen LogP contribution in [0.5, 0.6) is 0 Å². The summed E-state index contributed by atoms with van der Waals surface area (Å²) in [5, 5.41) is 14.1. The summed E-state index contributed by atoms with van der Waals surface area (Å²) in [5.74, 6) is 0. The van der Waals surface area contributed by atoms with Gasteiger partial charge < -0.3 is 10.2 Å². The molecule has 0 saturated carbocycles. The Morgan fingerprint density at radius 3 is 2.81 bits per heavy atom. The van der Waals surface area contributed by atoms with Gasteiger partial charge in [-0.3, -0.25) is 15.0 Å². The Morgan fingerprint density at radius 1 is 1.29 bits per heavy atom. The van der Waals surface area contributed by atoms with Crippen LogP contribution in [0.2, 0.25) is 0 Å². The average molecular weight is 292 g/mol. The summed E-state index contributed by atoms with van der Waals surface area (Å²) in [7, 11) is 2.15. The van der Waals surface area contributed by atoms with Crippen molar-refractivity contribution in [2.75, 3.05) is 45.1 Å². The molecule has 1 N–H and O–H groups in total. The summed E-state index contributed by atoms with van der Waals surface area (Å²) in [5.41, 5.74) is 1.89. The van der Waals surface area contributed by atoms with Crippen molar-refractivity contribution in [3.63, 3.8) is 0 Å². The maximum absolute atomic E-state index is 11.0. The van der Waals surface area contributed by atoms with Crippen LogP contribution < -0.4 is 5.32 Å². The SMILES string of the molecule is CCNc1cc(CN2CCCN(C)CC2)ccc1[N+](=O)[O-]. The second-order valence-electron chi connectivity index (χ2n) is 5.57. The highest BCUT2D eigenvalue weighted by Gasteiger charge is 2.16. The molecule has 0 spiro atoms. The average Bonchev–Trinajstić information content (AvgIpc) is 2.64. The van der Waals surface area contributed by atoms with Gasteiger partial charge in [0.15, 0.2) is 0 Å². The highest BCUT2D eigenvalue weighted by molar-refractivity contribution is 5.62. The minimum atomic E-state index is -0.331. The lowest BCUT2D eigenvalue weighted by atomic mass is 10.1. The first kappa shape index (κ1) is 15.7. The fourth-order valence-electron chi connectivity index (χ4n) is 2.69. The Bertz CT molecular complexity index is 493. The number of nitrogens with zero attached hydrogens (tertiary/aromatic N) is 3. The molecular weight excluding hydrogens is 268 g/mol. The van der Waals surface area contributed by atoms with E-state index in [-0.39, 0.29) is 10.6 Å². The number of hydrogen-bond acceptors (Lipinski definition) is 5. The van der Waals surface area contributed by atoms with Gasteiger partial charge in [0.25, 0.3) is 5.69 Å². The summed E-state index contributed by atoms with van der Waals surface area (Å²) >= 11 is 0. The van der Waals surface area contributed by atoms with Gasteiger partial charge in [-0.2, -0.15) is 0 Å². The molecular formula is C15H24N4O2. The third-order valence-electron chi connectivity index (χ3n) is 3.84. The summed E-state index contributed by atoms with van der Waals surface area (Å²) in [4.78, 5) is 15.5. The molecule has 0 radical (unpaired) electrons. The first-order valence-corrected chi connectivity index (χ1v) is 7.52. The van der Waals surface area contributed by atoms with Crippen LogP contribution in [0.4, 0.5) is 11.4 Å². The molecule has 116 valence electrons. The van der Waals surface area contributed by atoms with Crippen LogP contribution >= 0.6 is 0 Å². The zero-order chi connectivity index (χ0) is 15.2. The molecule has 0 atom stereocenters. The lowest BCUT2D eigenvalue weighted by molar-refractivity contribution is -0.384. The normalized spacial score (nSPS) is 17.4. The van der Waals surface area contributed by atoms with Crippen molar-refractivity contribution in [3.05, 3.63) is 33.9 Å². The van der Waals surface area contributed by atoms with Gasteiger partial charge in [-0.05, 0) is 45.1 Å². The molecule has 1 aliphatic rings. The Kier molecular flexibility index (Phi) is 5.52. The first-order chi connectivity index (χ1) is 10.1. The zero-order valence-electron chi connectivity index (χ0n) is 12.8. The molecule has 0 unspecified atom stereocenters. The predicted molar refractivity (Wildman–Crippen MR) is 84.7 cm³/mol. The minimum absolute atomic E-state index is 0.149. The van der Waals surface area contributed by atoms with Crippen LogP contribution in [0.15, 0.2) is 18.2 Å². The van der Waals surface area contributed by atoms with Crippen molar-refractivity contribution in [2.45, 2.75) is 19.9 Å². The van der Waals surface area contributed by atoms with Crippen molar-refractivity contribution < 1.29 is 4.92 Å². The van der Waals surface area contributed by atoms with Crippen LogP contribution in [0.1, 0.15) is 18.9 Å². The van der Waals surface area contributed by atoms with E-state index in [0.29, 0.717) is 12.2 Å². The fourth-order valence-corrected chi connectivity index (χ4v) is 2.69. The summed E-state index contributed by atoms with van der Waals surface area (Å²) in [6.07, 6.45) is 1.17. The van der Waals surface area contributed by atoms with Crippen LogP contribution in [0.25, 0.3) is 0 Å². The van der Waals surface area contributed by atoms with Crippen LogP contribution in [-0.2, 0) is 6.54 Å². The van der Waals surface area contributed by atoms with Crippen molar-refractivity contribution in [3.8, 4) is 0 Å². The van der Waals surface area contributed by atoms with Gasteiger partial charge in [0.2, 0.25) is 0 Å². The van der Waals surface area contributed by atoms with Crippen molar-refractivity contribution in [2.24, 2.45) is 0 Å². The smallest absolute Gasteiger partial charge is 0.292 e. The molecule has 21 heavy (non-hydrogen) atoms. The number of nitro groups is 1. The minimum Gasteiger partial charge on any atom is -0.380 e. The van der Waals surface area contributed by atoms with E-state index in [2.05, 4.69) is 22.2 Å². The van der Waals surface area contributed by atoms with E-state index in [4.69, 9.17) is 0 Å². The zero-order valence-corrected chi connectivity index (χ0v) is 12.8. The van der Waals surface area contributed by atoms with E-state index >= 15 is 0 Å². The molecule has 0 amide bonds. The van der Waals surface area contributed by atoms with Gasteiger partial charge in [0, 0.05) is 32.2 Å². The van der Waals surface area contributed by atoms with Gasteiger partial charge in [0.1, 0.15) is 5.69 Å². The second kappa shape index (κ2) is 7.38. The highest BCUT2D eigenvalue weighted by Crippen LogP contribution is 2.26. The van der Waals surface area contributed by atoms with Gasteiger partial charge in [-0.15, -0.1) is 0 Å². The molecule has 1 aromatic rings. The maximum atomic E-state index is 11.0. The summed E-state index contributed by atoms with van der Waals surface area (Å²) in [6, 6.07) is 5.39. The van der Waals surface area contributed by atoms with Crippen LogP contribution in [-0.4, -0.2) is 54.5 Å². The Morgan fingerprint density at radius 2 is 2.10 bits per heavy atom. The number of hydrogen-bond donors (Lipinski definition) is 1. The first-order valence-electron chi connectivity index (χ1n) is 7.52. The molecule has 1 saturated heterocycles. The van der Waals surface area contributed by atoms with E-state index in [1.165, 1.54) is 6.42 Å². The third-order valence-corrected chi connectivity index (χ3v) is 3.84. The number of likely N-dealkylation sites (N-methyl/N-ethyl adjacent to an activating group) is 1. The Labute approximate surface area is 125 Å². The molecule has 2 rings (SSSR count). The highest BCUT2D eigenvalue weighted by atomic mass is 16.6. The van der Waals surface area contributed by atoms with Gasteiger partial charge in [-0.25, -0.2) is 0 Å². The largest absolute Gasteiger partial charge is 0.380 e. The molecule has 1 aromatic carbocycles. The maximum Gasteiger partial charge on any atom is 0.292 e. The second-order valence-corrected chi connectivity index (χ2v) is 5.57. The van der Waals surface area contributed by atoms with E-state index in [1.807, 2.05) is 19.1 Å². The molecule has 1 aliphatic heterocycles. The van der Waals surface area contributed by atoms with Gasteiger partial charge in [0.05, 0.1) is 4.92 Å². The van der Waals surface area contributed by atoms with E-state index in [0.717, 1.165) is 38.3 Å². The molecule has 6 heteroatoms. The summed E-state index contributed by atoms with van der Waals surface area (Å²) in [6.45, 7) is 7.82. The van der Waals surface area contributed by atoms with Crippen molar-refractivity contribution >= 4 is 11.4 Å². The van der Waals surface area contributed by atoms with E-state index < -0.39 is 0 Å². The topological polar surface area (TPSA) is 61.6 Å². The standard InChI is InChI=1S/C15H24N4O2/c1-3-16-14-11-13(5-6-15(14)19(20)21)12-18-8-4-7-17(2)9-10-18/h5-6,11,16H,3-4,7-10,12H2,1-2H3. The fraction of sp³-hybridized carbons (Fsp3) is 0.600. The van der Waals surface area contributed by atoms with Crippen molar-refractivity contribution in [1.82, 2.24) is 9.80 Å². The monoisotopic (exact) mass is 292 g/mol. The van der Waals surface area contributed by atoms with Crippen LogP contribution in [0, 0.1) is 10.1 Å². The Hall–Kier alpha value is -1.66. The molecule has 6 nitrogen and oxygen atoms in total. The molecule has 0 aromatic heterocycles. The number of rotatable bonds is 5. The lowest BCUT2D eigenvalue weighted by Gasteiger charge is -2.20. The lowest BCUT2D eigenvalue weighted by Crippen LogP contribution is -2.28. The van der Waals surface area contributed by atoms with Crippen LogP contribution in [0.3, 0.4) is 0 Å². The molecule has 1 fully saturated rings. The van der Waals surface area contributed by atoms with Gasteiger partial charge in [-0.1, -0.05) is 6.07 Å². The molecule has 0 aliphatic carbocycles. The third kappa shape index (κ3) is 4.41. The number of nitrogens with one attached hydrogen (secondary N) is 1. The van der Waals surface area contributed by atoms with Gasteiger partial charge >= 0.3 is 0 Å². The predicted octanol–water partition coefficient (Wildman–Crippen LogP) is 2.16. The number of nitro benzene ring substituents is 1. The molecule has 0 bridgehead atoms. The van der Waals surface area contributed by atoms with E-state index in [9.17, 15) is 10.1 Å². The molecule has 1 heterocycles. The quantitative estimate of drug-likeness (QED) is 0.665.